The Labute approximate surface area is 151 Å². The highest BCUT2D eigenvalue weighted by molar-refractivity contribution is 5.96. The van der Waals surface area contributed by atoms with Crippen molar-refractivity contribution in [3.8, 4) is 5.75 Å². The molecular formula is C17H23N3O6. The van der Waals surface area contributed by atoms with Crippen molar-refractivity contribution in [3.63, 3.8) is 0 Å². The number of fused-ring (bicyclic) bond motifs is 1. The van der Waals surface area contributed by atoms with Crippen LogP contribution in [0.25, 0.3) is 0 Å². The van der Waals surface area contributed by atoms with Gasteiger partial charge in [-0.2, -0.15) is 0 Å². The minimum atomic E-state index is -1.26. The quantitative estimate of drug-likeness (QED) is 0.727. The second kappa shape index (κ2) is 10.1. The first-order valence-electron chi connectivity index (χ1n) is 7.85. The van der Waals surface area contributed by atoms with Crippen molar-refractivity contribution in [2.75, 3.05) is 34.2 Å². The number of aromatic nitrogens is 1. The third-order valence-electron chi connectivity index (χ3n) is 3.40. The minimum absolute atomic E-state index is 0.0227. The highest BCUT2D eigenvalue weighted by Crippen LogP contribution is 2.24. The van der Waals surface area contributed by atoms with E-state index in [1.54, 1.807) is 30.4 Å². The molecule has 1 amide bonds. The lowest BCUT2D eigenvalue weighted by atomic mass is 10.2. The molecule has 1 aromatic heterocycles. The van der Waals surface area contributed by atoms with Gasteiger partial charge in [0, 0.05) is 38.1 Å². The number of aliphatic carboxylic acids is 2. The van der Waals surface area contributed by atoms with E-state index in [1.807, 2.05) is 14.1 Å². The normalized spacial score (nSPS) is 16.4. The van der Waals surface area contributed by atoms with Gasteiger partial charge in [-0.15, -0.1) is 0 Å². The summed E-state index contributed by atoms with van der Waals surface area (Å²) in [5.74, 6) is -1.90. The summed E-state index contributed by atoms with van der Waals surface area (Å²) < 4.78 is 5.92. The van der Waals surface area contributed by atoms with Crippen LogP contribution in [0.2, 0.25) is 0 Å². The van der Waals surface area contributed by atoms with E-state index in [-0.39, 0.29) is 12.0 Å². The van der Waals surface area contributed by atoms with Gasteiger partial charge in [-0.1, -0.05) is 0 Å². The average Bonchev–Trinajstić information content (AvgIpc) is 2.69. The van der Waals surface area contributed by atoms with Crippen LogP contribution in [0.4, 0.5) is 0 Å². The van der Waals surface area contributed by atoms with Crippen LogP contribution in [-0.2, 0) is 9.59 Å². The highest BCUT2D eigenvalue weighted by Gasteiger charge is 2.26. The summed E-state index contributed by atoms with van der Waals surface area (Å²) in [6.45, 7) is 1.55. The molecule has 26 heavy (non-hydrogen) atoms. The molecule has 0 aliphatic carbocycles. The van der Waals surface area contributed by atoms with Crippen LogP contribution < -0.4 is 4.74 Å². The Bertz CT molecular complexity index is 658. The van der Waals surface area contributed by atoms with Crippen LogP contribution in [0.15, 0.2) is 30.6 Å². The molecule has 1 atom stereocenters. The molecule has 142 valence electrons. The number of amides is 1. The van der Waals surface area contributed by atoms with Gasteiger partial charge in [0.15, 0.2) is 0 Å². The molecule has 1 aliphatic rings. The first-order chi connectivity index (χ1) is 12.2. The monoisotopic (exact) mass is 365 g/mol. The number of ether oxygens (including phenoxy) is 1. The summed E-state index contributed by atoms with van der Waals surface area (Å²) in [7, 11) is 5.86. The number of hydrogen-bond acceptors (Lipinski definition) is 6. The van der Waals surface area contributed by atoms with Gasteiger partial charge < -0.3 is 24.7 Å². The predicted octanol–water partition coefficient (Wildman–Crippen LogP) is 0.578. The third-order valence-corrected chi connectivity index (χ3v) is 3.40. The lowest BCUT2D eigenvalue weighted by molar-refractivity contribution is -0.134. The second-order valence-electron chi connectivity index (χ2n) is 5.90. The molecule has 0 radical (unpaired) electrons. The standard InChI is InChI=1S/C13H19N3O2.C4H4O4/c1-15(2)7-5-10-9-16(3)13(17)11-8-14-6-4-12(11)18-10;5-3(6)1-2-4(7)8/h4,6,8,10H,5,7,9H2,1-3H3;1-2H,(H,5,6)(H,7,8). The smallest absolute Gasteiger partial charge is 0.328 e. The van der Waals surface area contributed by atoms with Crippen LogP contribution in [0.1, 0.15) is 16.8 Å². The van der Waals surface area contributed by atoms with E-state index in [0.717, 1.165) is 13.0 Å². The Morgan fingerprint density at radius 2 is 1.96 bits per heavy atom. The van der Waals surface area contributed by atoms with Crippen molar-refractivity contribution in [1.82, 2.24) is 14.8 Å². The predicted molar refractivity (Wildman–Crippen MR) is 93.2 cm³/mol. The first-order valence-corrected chi connectivity index (χ1v) is 7.85. The van der Waals surface area contributed by atoms with Crippen LogP contribution in [-0.4, -0.2) is 83.2 Å². The summed E-state index contributed by atoms with van der Waals surface area (Å²) in [4.78, 5) is 39.0. The van der Waals surface area contributed by atoms with Crippen LogP contribution in [0, 0.1) is 0 Å². The number of carboxylic acid groups (broad SMARTS) is 2. The van der Waals surface area contributed by atoms with Gasteiger partial charge in [0.05, 0.1) is 12.1 Å². The topological polar surface area (TPSA) is 120 Å². The van der Waals surface area contributed by atoms with E-state index in [9.17, 15) is 14.4 Å². The Kier molecular flexibility index (Phi) is 8.23. The number of pyridine rings is 1. The van der Waals surface area contributed by atoms with Gasteiger partial charge in [-0.3, -0.25) is 9.78 Å². The van der Waals surface area contributed by atoms with Crippen molar-refractivity contribution in [2.45, 2.75) is 12.5 Å². The van der Waals surface area contributed by atoms with Crippen molar-refractivity contribution >= 4 is 17.8 Å². The molecule has 0 fully saturated rings. The lowest BCUT2D eigenvalue weighted by Crippen LogP contribution is -2.35. The molecule has 0 bridgehead atoms. The van der Waals surface area contributed by atoms with E-state index in [4.69, 9.17) is 14.9 Å². The highest BCUT2D eigenvalue weighted by atomic mass is 16.5. The van der Waals surface area contributed by atoms with Crippen molar-refractivity contribution in [2.24, 2.45) is 0 Å². The van der Waals surface area contributed by atoms with E-state index in [1.165, 1.54) is 0 Å². The zero-order valence-corrected chi connectivity index (χ0v) is 15.0. The summed E-state index contributed by atoms with van der Waals surface area (Å²) in [5, 5.41) is 15.6. The molecule has 2 N–H and O–H groups in total. The summed E-state index contributed by atoms with van der Waals surface area (Å²) in [6.07, 6.45) is 5.27. The summed E-state index contributed by atoms with van der Waals surface area (Å²) in [5.41, 5.74) is 0.548. The molecule has 0 aromatic carbocycles. The van der Waals surface area contributed by atoms with Gasteiger partial charge in [0.2, 0.25) is 0 Å². The molecule has 0 spiro atoms. The Morgan fingerprint density at radius 3 is 2.50 bits per heavy atom. The third kappa shape index (κ3) is 7.31. The van der Waals surface area contributed by atoms with E-state index < -0.39 is 11.9 Å². The van der Waals surface area contributed by atoms with Crippen LogP contribution in [0.3, 0.4) is 0 Å². The molecule has 2 heterocycles. The number of carboxylic acids is 2. The molecule has 0 saturated carbocycles. The molecular weight excluding hydrogens is 342 g/mol. The largest absolute Gasteiger partial charge is 0.488 e. The fourth-order valence-corrected chi connectivity index (χ4v) is 2.15. The van der Waals surface area contributed by atoms with Gasteiger partial charge in [-0.05, 0) is 26.6 Å². The maximum absolute atomic E-state index is 12.1. The Morgan fingerprint density at radius 1 is 1.35 bits per heavy atom. The fraction of sp³-hybridized carbons (Fsp3) is 0.412. The van der Waals surface area contributed by atoms with Gasteiger partial charge in [0.1, 0.15) is 11.9 Å². The molecule has 9 heteroatoms. The number of carbonyl (C=O) groups excluding carboxylic acids is 1. The molecule has 1 unspecified atom stereocenters. The van der Waals surface area contributed by atoms with Crippen LogP contribution in [0.5, 0.6) is 5.75 Å². The van der Waals surface area contributed by atoms with E-state index in [2.05, 4.69) is 9.88 Å². The Hall–Kier alpha value is -2.94. The fourth-order valence-electron chi connectivity index (χ4n) is 2.15. The average molecular weight is 365 g/mol. The summed E-state index contributed by atoms with van der Waals surface area (Å²) >= 11 is 0. The Balaban J connectivity index is 0.000000359. The van der Waals surface area contributed by atoms with Crippen LogP contribution >= 0.6 is 0 Å². The van der Waals surface area contributed by atoms with Gasteiger partial charge in [0.25, 0.3) is 5.91 Å². The van der Waals surface area contributed by atoms with E-state index >= 15 is 0 Å². The number of hydrogen-bond donors (Lipinski definition) is 2. The lowest BCUT2D eigenvalue weighted by Gasteiger charge is -2.21. The van der Waals surface area contributed by atoms with Crippen molar-refractivity contribution in [1.29, 1.82) is 0 Å². The number of carbonyl (C=O) groups is 3. The van der Waals surface area contributed by atoms with Crippen molar-refractivity contribution < 1.29 is 29.3 Å². The molecule has 9 nitrogen and oxygen atoms in total. The first kappa shape index (κ1) is 21.1. The molecule has 0 saturated heterocycles. The maximum atomic E-state index is 12.1. The maximum Gasteiger partial charge on any atom is 0.328 e. The number of nitrogens with zero attached hydrogens (tertiary/aromatic N) is 3. The molecule has 1 aromatic rings. The summed E-state index contributed by atoms with van der Waals surface area (Å²) in [6, 6.07) is 1.76. The minimum Gasteiger partial charge on any atom is -0.488 e. The zero-order chi connectivity index (χ0) is 19.7. The SMILES string of the molecule is CN(C)CCC1CN(C)C(=O)c2cnccc2O1.O=C(O)C=CC(=O)O. The second-order valence-corrected chi connectivity index (χ2v) is 5.90. The zero-order valence-electron chi connectivity index (χ0n) is 15.0. The number of rotatable bonds is 5. The van der Waals surface area contributed by atoms with Crippen molar-refractivity contribution in [3.05, 3.63) is 36.2 Å². The van der Waals surface area contributed by atoms with E-state index in [0.29, 0.717) is 30.0 Å². The number of likely N-dealkylation sites (N-methyl/N-ethyl adjacent to an activating group) is 1. The van der Waals surface area contributed by atoms with Gasteiger partial charge in [-0.25, -0.2) is 9.59 Å². The van der Waals surface area contributed by atoms with Gasteiger partial charge >= 0.3 is 11.9 Å². The molecule has 1 aliphatic heterocycles. The molecule has 2 rings (SSSR count).